The molecule has 4 rings (SSSR count). The summed E-state index contributed by atoms with van der Waals surface area (Å²) in [7, 11) is -2.54. The van der Waals surface area contributed by atoms with E-state index in [4.69, 9.17) is 11.0 Å². The van der Waals surface area contributed by atoms with Gasteiger partial charge in [0.25, 0.3) is 0 Å². The highest BCUT2D eigenvalue weighted by atomic mass is 32.2. The van der Waals surface area contributed by atoms with Gasteiger partial charge in [-0.3, -0.25) is 0 Å². The van der Waals surface area contributed by atoms with Crippen LogP contribution in [0, 0.1) is 17.1 Å². The number of nitrogens with two attached hydrogens (primary N) is 1. The van der Waals surface area contributed by atoms with Crippen molar-refractivity contribution >= 4 is 27.9 Å². The molecule has 1 fully saturated rings. The summed E-state index contributed by atoms with van der Waals surface area (Å²) in [4.78, 5) is 12.0. The number of halogens is 2. The van der Waals surface area contributed by atoms with Gasteiger partial charge in [-0.2, -0.15) is 5.26 Å². The van der Waals surface area contributed by atoms with Crippen molar-refractivity contribution in [1.29, 1.82) is 5.26 Å². The fourth-order valence-corrected chi connectivity index (χ4v) is 6.02. The molecule has 0 saturated heterocycles. The molecule has 1 aromatic heterocycles. The topological polar surface area (TPSA) is 125 Å². The van der Waals surface area contributed by atoms with Crippen LogP contribution in [0.4, 0.5) is 8.78 Å². The van der Waals surface area contributed by atoms with Crippen LogP contribution >= 0.6 is 0 Å². The number of hydrogen-bond donors (Lipinski definition) is 1. The molecular formula is C20H18F2N6O2S. The van der Waals surface area contributed by atoms with Crippen molar-refractivity contribution < 1.29 is 17.2 Å². The second-order valence-corrected chi connectivity index (χ2v) is 9.92. The van der Waals surface area contributed by atoms with Gasteiger partial charge in [0.15, 0.2) is 11.5 Å². The lowest BCUT2D eigenvalue weighted by atomic mass is 9.85. The van der Waals surface area contributed by atoms with Gasteiger partial charge in [0.05, 0.1) is 12.4 Å². The summed E-state index contributed by atoms with van der Waals surface area (Å²) in [6.07, 6.45) is 3.99. The normalized spacial score (nSPS) is 23.9. The van der Waals surface area contributed by atoms with Crippen molar-refractivity contribution in [3.63, 3.8) is 0 Å². The monoisotopic (exact) mass is 444 g/mol. The Balaban J connectivity index is 1.81. The molecule has 1 atom stereocenters. The molecule has 1 aliphatic heterocycles. The standard InChI is InChI=1S/C20H18F2N6O2S/c1-19(20(5-6-20)31(29,30)28(2)18(24)27-19)14-7-12(3-4-15(14)21)8-16(22)17-11-25-13(9-23)10-26-17/h3-4,7-8,10-11H,5-6H2,1-2H3,(H2,24,27)/b16-8-/t19-/m1/s1. The smallest absolute Gasteiger partial charge is 0.245 e. The van der Waals surface area contributed by atoms with E-state index >= 15 is 0 Å². The Morgan fingerprint density at radius 3 is 2.61 bits per heavy atom. The Labute approximate surface area is 177 Å². The molecular weight excluding hydrogens is 426 g/mol. The van der Waals surface area contributed by atoms with Crippen molar-refractivity contribution in [1.82, 2.24) is 14.3 Å². The first-order valence-corrected chi connectivity index (χ1v) is 10.7. The van der Waals surface area contributed by atoms with E-state index in [0.29, 0.717) is 12.8 Å². The van der Waals surface area contributed by atoms with E-state index in [9.17, 15) is 17.2 Å². The van der Waals surface area contributed by atoms with Gasteiger partial charge in [0, 0.05) is 12.6 Å². The molecule has 1 saturated carbocycles. The zero-order valence-corrected chi connectivity index (χ0v) is 17.5. The third kappa shape index (κ3) is 2.97. The third-order valence-corrected chi connectivity index (χ3v) is 8.63. The molecule has 2 aliphatic rings. The van der Waals surface area contributed by atoms with Crippen molar-refractivity contribution in [3.05, 3.63) is 58.9 Å². The van der Waals surface area contributed by atoms with Gasteiger partial charge in [-0.25, -0.2) is 36.5 Å². The minimum absolute atomic E-state index is 0.0112. The average Bonchev–Trinajstić information content (AvgIpc) is 3.56. The molecule has 0 radical (unpaired) electrons. The van der Waals surface area contributed by atoms with E-state index in [2.05, 4.69) is 15.0 Å². The van der Waals surface area contributed by atoms with E-state index in [0.717, 1.165) is 28.8 Å². The number of rotatable bonds is 3. The van der Waals surface area contributed by atoms with Crippen LogP contribution in [0.1, 0.15) is 42.3 Å². The van der Waals surface area contributed by atoms with E-state index in [-0.39, 0.29) is 28.5 Å². The summed E-state index contributed by atoms with van der Waals surface area (Å²) in [5.41, 5.74) is 4.61. The van der Waals surface area contributed by atoms with Gasteiger partial charge in [-0.1, -0.05) is 6.07 Å². The summed E-state index contributed by atoms with van der Waals surface area (Å²) < 4.78 is 55.3. The number of nitriles is 1. The number of hydrogen-bond acceptors (Lipinski definition) is 7. The van der Waals surface area contributed by atoms with Crippen LogP contribution in [0.25, 0.3) is 11.9 Å². The van der Waals surface area contributed by atoms with E-state index in [1.807, 2.05) is 0 Å². The molecule has 2 heterocycles. The second-order valence-electron chi connectivity index (χ2n) is 7.64. The Kier molecular flexibility index (Phi) is 4.59. The molecule has 8 nitrogen and oxygen atoms in total. The van der Waals surface area contributed by atoms with Crippen LogP contribution in [-0.4, -0.2) is 40.4 Å². The quantitative estimate of drug-likeness (QED) is 0.774. The first kappa shape index (κ1) is 20.9. The molecule has 2 aromatic rings. The summed E-state index contributed by atoms with van der Waals surface area (Å²) in [5, 5.41) is 8.76. The lowest BCUT2D eigenvalue weighted by Crippen LogP contribution is -2.58. The van der Waals surface area contributed by atoms with Crippen LogP contribution < -0.4 is 5.73 Å². The van der Waals surface area contributed by atoms with Gasteiger partial charge in [0.1, 0.15) is 27.9 Å². The summed E-state index contributed by atoms with van der Waals surface area (Å²) >= 11 is 0. The Bertz CT molecular complexity index is 1280. The molecule has 0 amide bonds. The first-order valence-electron chi connectivity index (χ1n) is 9.29. The minimum Gasteiger partial charge on any atom is -0.369 e. The fraction of sp³-hybridized carbons (Fsp3) is 0.300. The fourth-order valence-electron chi connectivity index (χ4n) is 3.94. The highest BCUT2D eigenvalue weighted by Gasteiger charge is 2.70. The van der Waals surface area contributed by atoms with Crippen molar-refractivity contribution in [3.8, 4) is 6.07 Å². The Morgan fingerprint density at radius 1 is 1.32 bits per heavy atom. The van der Waals surface area contributed by atoms with Crippen LogP contribution in [-0.2, 0) is 15.6 Å². The van der Waals surface area contributed by atoms with E-state index in [1.165, 1.54) is 26.1 Å². The zero-order chi connectivity index (χ0) is 22.6. The summed E-state index contributed by atoms with van der Waals surface area (Å²) in [5.74, 6) is -1.65. The maximum Gasteiger partial charge on any atom is 0.245 e. The lowest BCUT2D eigenvalue weighted by molar-refractivity contribution is 0.381. The molecule has 1 aliphatic carbocycles. The molecule has 160 valence electrons. The lowest BCUT2D eigenvalue weighted by Gasteiger charge is -2.42. The first-order chi connectivity index (χ1) is 14.6. The third-order valence-electron chi connectivity index (χ3n) is 5.93. The summed E-state index contributed by atoms with van der Waals surface area (Å²) in [6, 6.07) is 5.65. The predicted octanol–water partition coefficient (Wildman–Crippen LogP) is 2.29. The van der Waals surface area contributed by atoms with Crippen molar-refractivity contribution in [2.45, 2.75) is 30.1 Å². The number of aliphatic imine (C=N–C) groups is 1. The van der Waals surface area contributed by atoms with Gasteiger partial charge >= 0.3 is 0 Å². The van der Waals surface area contributed by atoms with Gasteiger partial charge in [-0.15, -0.1) is 0 Å². The van der Waals surface area contributed by atoms with Gasteiger partial charge in [-0.05, 0) is 43.5 Å². The number of guanidine groups is 1. The van der Waals surface area contributed by atoms with Gasteiger partial charge in [0.2, 0.25) is 16.0 Å². The molecule has 31 heavy (non-hydrogen) atoms. The zero-order valence-electron chi connectivity index (χ0n) is 16.7. The predicted molar refractivity (Wildman–Crippen MR) is 110 cm³/mol. The van der Waals surface area contributed by atoms with Gasteiger partial charge < -0.3 is 5.73 Å². The number of benzene rings is 1. The van der Waals surface area contributed by atoms with E-state index in [1.54, 1.807) is 6.07 Å². The van der Waals surface area contributed by atoms with Crippen LogP contribution in [0.5, 0.6) is 0 Å². The van der Waals surface area contributed by atoms with Crippen molar-refractivity contribution in [2.24, 2.45) is 10.7 Å². The van der Waals surface area contributed by atoms with E-state index < -0.39 is 32.0 Å². The van der Waals surface area contributed by atoms with Crippen molar-refractivity contribution in [2.75, 3.05) is 7.05 Å². The number of aromatic nitrogens is 2. The Hall–Kier alpha value is -3.39. The van der Waals surface area contributed by atoms with Crippen LogP contribution in [0.15, 0.2) is 35.6 Å². The molecule has 2 N–H and O–H groups in total. The average molecular weight is 444 g/mol. The Morgan fingerprint density at radius 2 is 2.03 bits per heavy atom. The maximum absolute atomic E-state index is 14.9. The largest absolute Gasteiger partial charge is 0.369 e. The minimum atomic E-state index is -3.86. The number of sulfonamides is 1. The van der Waals surface area contributed by atoms with Crippen LogP contribution in [0.2, 0.25) is 0 Å². The summed E-state index contributed by atoms with van der Waals surface area (Å²) in [6.45, 7) is 1.53. The highest BCUT2D eigenvalue weighted by Crippen LogP contribution is 2.60. The number of nitrogens with zero attached hydrogens (tertiary/aromatic N) is 5. The highest BCUT2D eigenvalue weighted by molar-refractivity contribution is 7.91. The second kappa shape index (κ2) is 6.81. The SMILES string of the molecule is CN1C(N)=N[C@](C)(c2cc(/C=C(\F)c3cnc(C#N)cn3)ccc2F)C2(CC2)S1(=O)=O. The molecule has 1 spiro atoms. The molecule has 11 heteroatoms. The molecule has 0 bridgehead atoms. The molecule has 1 aromatic carbocycles. The maximum atomic E-state index is 14.9. The van der Waals surface area contributed by atoms with Crippen LogP contribution in [0.3, 0.4) is 0 Å². The molecule has 0 unspecified atom stereocenters.